The fraction of sp³-hybridized carbons (Fsp3) is 0.364. The molecular weight excluding hydrogens is 214 g/mol. The summed E-state index contributed by atoms with van der Waals surface area (Å²) in [7, 11) is 1.49. The Morgan fingerprint density at radius 2 is 2.20 bits per heavy atom. The first kappa shape index (κ1) is 11.7. The van der Waals surface area contributed by atoms with Crippen LogP contribution in [0.4, 0.5) is 0 Å². The molecule has 0 aromatic heterocycles. The summed E-state index contributed by atoms with van der Waals surface area (Å²) in [4.78, 5) is 0. The van der Waals surface area contributed by atoms with Gasteiger partial charge in [-0.15, -0.1) is 0 Å². The van der Waals surface area contributed by atoms with Gasteiger partial charge in [-0.1, -0.05) is 11.6 Å². The van der Waals surface area contributed by atoms with Gasteiger partial charge >= 0.3 is 0 Å². The Kier molecular flexibility index (Phi) is 3.43. The smallest absolute Gasteiger partial charge is 0.144 e. The first-order valence-corrected chi connectivity index (χ1v) is 4.86. The quantitative estimate of drug-likeness (QED) is 0.842. The minimum absolute atomic E-state index is 0.0758. The molecule has 0 spiro atoms. The molecule has 1 N–H and O–H groups in total. The SMILES string of the molecule is COc1c(C)cc(C(C)C#N)c(O)c1Cl. The van der Waals surface area contributed by atoms with Gasteiger partial charge in [-0.3, -0.25) is 0 Å². The van der Waals surface area contributed by atoms with Crippen LogP contribution in [-0.2, 0) is 0 Å². The Hall–Kier alpha value is -1.40. The monoisotopic (exact) mass is 225 g/mol. The van der Waals surface area contributed by atoms with Crippen molar-refractivity contribution in [2.45, 2.75) is 19.8 Å². The molecule has 1 atom stereocenters. The Balaban J connectivity index is 3.42. The van der Waals surface area contributed by atoms with Gasteiger partial charge in [-0.25, -0.2) is 0 Å². The molecule has 4 heteroatoms. The second-order valence-corrected chi connectivity index (χ2v) is 3.71. The van der Waals surface area contributed by atoms with E-state index in [0.29, 0.717) is 11.3 Å². The molecule has 3 nitrogen and oxygen atoms in total. The van der Waals surface area contributed by atoms with Gasteiger partial charge in [0.2, 0.25) is 0 Å². The molecule has 15 heavy (non-hydrogen) atoms. The molecule has 0 saturated carbocycles. The van der Waals surface area contributed by atoms with Crippen molar-refractivity contribution in [2.75, 3.05) is 7.11 Å². The number of hydrogen-bond donors (Lipinski definition) is 1. The summed E-state index contributed by atoms with van der Waals surface area (Å²) in [6, 6.07) is 3.77. The van der Waals surface area contributed by atoms with Crippen molar-refractivity contribution in [2.24, 2.45) is 0 Å². The molecule has 0 radical (unpaired) electrons. The number of nitrogens with zero attached hydrogens (tertiary/aromatic N) is 1. The van der Waals surface area contributed by atoms with E-state index in [-0.39, 0.29) is 10.8 Å². The third-order valence-electron chi connectivity index (χ3n) is 2.28. The highest BCUT2D eigenvalue weighted by Gasteiger charge is 2.18. The van der Waals surface area contributed by atoms with Gasteiger partial charge in [-0.2, -0.15) is 5.26 Å². The molecule has 0 heterocycles. The summed E-state index contributed by atoms with van der Waals surface area (Å²) in [6.07, 6.45) is 0. The number of hydrogen-bond acceptors (Lipinski definition) is 3. The van der Waals surface area contributed by atoms with Gasteiger partial charge in [0.05, 0.1) is 19.1 Å². The average Bonchev–Trinajstić information content (AvgIpc) is 2.23. The van der Waals surface area contributed by atoms with Crippen molar-refractivity contribution < 1.29 is 9.84 Å². The van der Waals surface area contributed by atoms with Crippen LogP contribution < -0.4 is 4.74 Å². The van der Waals surface area contributed by atoms with E-state index in [1.807, 2.05) is 6.92 Å². The van der Waals surface area contributed by atoms with Crippen LogP contribution >= 0.6 is 11.6 Å². The molecule has 0 fully saturated rings. The highest BCUT2D eigenvalue weighted by molar-refractivity contribution is 6.33. The molecule has 1 aromatic rings. The summed E-state index contributed by atoms with van der Waals surface area (Å²) in [5.74, 6) is -0.0247. The number of methoxy groups -OCH3 is 1. The van der Waals surface area contributed by atoms with Crippen molar-refractivity contribution in [1.29, 1.82) is 5.26 Å². The lowest BCUT2D eigenvalue weighted by Crippen LogP contribution is -1.96. The first-order valence-electron chi connectivity index (χ1n) is 4.48. The number of phenolic OH excluding ortho intramolecular Hbond substituents is 1. The number of phenols is 1. The number of aryl methyl sites for hydroxylation is 1. The lowest BCUT2D eigenvalue weighted by atomic mass is 9.99. The van der Waals surface area contributed by atoms with Crippen molar-refractivity contribution in [3.8, 4) is 17.6 Å². The largest absolute Gasteiger partial charge is 0.506 e. The molecule has 1 rings (SSSR count). The fourth-order valence-electron chi connectivity index (χ4n) is 1.42. The van der Waals surface area contributed by atoms with E-state index < -0.39 is 5.92 Å². The zero-order chi connectivity index (χ0) is 11.6. The maximum Gasteiger partial charge on any atom is 0.144 e. The Bertz CT molecular complexity index is 424. The second kappa shape index (κ2) is 4.41. The Morgan fingerprint density at radius 1 is 1.60 bits per heavy atom. The van der Waals surface area contributed by atoms with Crippen LogP contribution in [0.1, 0.15) is 24.0 Å². The third kappa shape index (κ3) is 2.00. The van der Waals surface area contributed by atoms with Crippen molar-refractivity contribution in [3.05, 3.63) is 22.2 Å². The van der Waals surface area contributed by atoms with Gasteiger partial charge < -0.3 is 9.84 Å². The normalized spacial score (nSPS) is 11.9. The highest BCUT2D eigenvalue weighted by atomic mass is 35.5. The van der Waals surface area contributed by atoms with Gasteiger partial charge in [0.1, 0.15) is 16.5 Å². The van der Waals surface area contributed by atoms with E-state index in [4.69, 9.17) is 21.6 Å². The lowest BCUT2D eigenvalue weighted by molar-refractivity contribution is 0.403. The van der Waals surface area contributed by atoms with Crippen LogP contribution in [0.15, 0.2) is 6.07 Å². The minimum atomic E-state index is -0.396. The minimum Gasteiger partial charge on any atom is -0.506 e. The van der Waals surface area contributed by atoms with Gasteiger partial charge in [0.25, 0.3) is 0 Å². The predicted octanol–water partition coefficient (Wildman–Crippen LogP) is 2.99. The average molecular weight is 226 g/mol. The molecule has 0 bridgehead atoms. The zero-order valence-electron chi connectivity index (χ0n) is 8.84. The summed E-state index contributed by atoms with van der Waals surface area (Å²) in [6.45, 7) is 3.52. The number of rotatable bonds is 2. The molecule has 1 aromatic carbocycles. The first-order chi connectivity index (χ1) is 7.02. The maximum atomic E-state index is 9.77. The fourth-order valence-corrected chi connectivity index (χ4v) is 1.76. The molecule has 0 aliphatic carbocycles. The standard InChI is InChI=1S/C11H12ClNO2/c1-6-4-8(7(2)5-13)10(14)9(12)11(6)15-3/h4,7,14H,1-3H3. The molecule has 0 amide bonds. The molecule has 0 aliphatic rings. The van der Waals surface area contributed by atoms with Crippen molar-refractivity contribution in [1.82, 2.24) is 0 Å². The van der Waals surface area contributed by atoms with Crippen LogP contribution in [0, 0.1) is 18.3 Å². The Morgan fingerprint density at radius 3 is 2.67 bits per heavy atom. The van der Waals surface area contributed by atoms with Crippen LogP contribution in [0.25, 0.3) is 0 Å². The molecule has 1 unspecified atom stereocenters. The molecule has 80 valence electrons. The Labute approximate surface area is 93.9 Å². The number of ether oxygens (including phenoxy) is 1. The zero-order valence-corrected chi connectivity index (χ0v) is 9.59. The summed E-state index contributed by atoms with van der Waals surface area (Å²) in [5, 5.41) is 18.7. The van der Waals surface area contributed by atoms with Gasteiger partial charge in [-0.05, 0) is 25.5 Å². The molecule has 0 aliphatic heterocycles. The van der Waals surface area contributed by atoms with E-state index >= 15 is 0 Å². The summed E-state index contributed by atoms with van der Waals surface area (Å²) in [5.41, 5.74) is 1.33. The number of nitriles is 1. The number of halogens is 1. The van der Waals surface area contributed by atoms with E-state index in [0.717, 1.165) is 5.56 Å². The van der Waals surface area contributed by atoms with Crippen LogP contribution in [0.5, 0.6) is 11.5 Å². The summed E-state index contributed by atoms with van der Waals surface area (Å²) < 4.78 is 5.05. The number of benzene rings is 1. The van der Waals surface area contributed by atoms with Gasteiger partial charge in [0.15, 0.2) is 0 Å². The topological polar surface area (TPSA) is 53.2 Å². The van der Waals surface area contributed by atoms with Crippen LogP contribution in [0.3, 0.4) is 0 Å². The van der Waals surface area contributed by atoms with Crippen LogP contribution in [0.2, 0.25) is 5.02 Å². The second-order valence-electron chi connectivity index (χ2n) is 3.33. The highest BCUT2D eigenvalue weighted by Crippen LogP contribution is 2.41. The molecule has 0 saturated heterocycles. The lowest BCUT2D eigenvalue weighted by Gasteiger charge is -2.13. The van der Waals surface area contributed by atoms with E-state index in [2.05, 4.69) is 6.07 Å². The predicted molar refractivity (Wildman–Crippen MR) is 58.4 cm³/mol. The maximum absolute atomic E-state index is 9.77. The van der Waals surface area contributed by atoms with Crippen LogP contribution in [-0.4, -0.2) is 12.2 Å². The molecular formula is C11H12ClNO2. The van der Waals surface area contributed by atoms with Crippen molar-refractivity contribution >= 4 is 11.6 Å². The van der Waals surface area contributed by atoms with E-state index in [9.17, 15) is 5.11 Å². The van der Waals surface area contributed by atoms with E-state index in [1.54, 1.807) is 13.0 Å². The summed E-state index contributed by atoms with van der Waals surface area (Å²) >= 11 is 5.92. The van der Waals surface area contributed by atoms with Crippen molar-refractivity contribution in [3.63, 3.8) is 0 Å². The van der Waals surface area contributed by atoms with E-state index in [1.165, 1.54) is 7.11 Å². The number of aromatic hydroxyl groups is 1. The third-order valence-corrected chi connectivity index (χ3v) is 2.63. The van der Waals surface area contributed by atoms with Gasteiger partial charge in [0, 0.05) is 5.56 Å².